The second-order valence-corrected chi connectivity index (χ2v) is 13.0. The molecule has 0 spiro atoms. The van der Waals surface area contributed by atoms with Crippen LogP contribution in [0.15, 0.2) is 79.0 Å². The number of aryl methyl sites for hydroxylation is 1. The molecular formula is C38H34ClF3N6O7. The number of amides is 6. The summed E-state index contributed by atoms with van der Waals surface area (Å²) >= 11 is 5.63. The fourth-order valence-electron chi connectivity index (χ4n) is 6.13. The summed E-state index contributed by atoms with van der Waals surface area (Å²) in [7, 11) is 0. The summed E-state index contributed by atoms with van der Waals surface area (Å²) in [5.41, 5.74) is 1.72. The highest BCUT2D eigenvalue weighted by Crippen LogP contribution is 2.36. The Labute approximate surface area is 317 Å². The van der Waals surface area contributed by atoms with Crippen molar-refractivity contribution in [2.75, 3.05) is 30.4 Å². The van der Waals surface area contributed by atoms with E-state index in [0.29, 0.717) is 55.2 Å². The zero-order valence-electron chi connectivity index (χ0n) is 29.0. The number of anilines is 2. The maximum atomic E-state index is 13.1. The normalized spacial score (nSPS) is 15.3. The molecule has 1 saturated heterocycles. The molecular weight excluding hydrogens is 745 g/mol. The third kappa shape index (κ3) is 9.76. The van der Waals surface area contributed by atoms with E-state index in [1.807, 2.05) is 12.1 Å². The Hall–Kier alpha value is -6.00. The number of aromatic nitrogens is 1. The number of pyridine rings is 1. The average molecular weight is 779 g/mol. The number of alkyl halides is 3. The second-order valence-electron chi connectivity index (χ2n) is 12.6. The topological polar surface area (TPSA) is 168 Å². The molecule has 6 amide bonds. The van der Waals surface area contributed by atoms with Gasteiger partial charge in [0.15, 0.2) is 0 Å². The lowest BCUT2D eigenvalue weighted by Gasteiger charge is -2.29. The molecule has 55 heavy (non-hydrogen) atoms. The summed E-state index contributed by atoms with van der Waals surface area (Å²) in [5, 5.41) is 9.43. The average Bonchev–Trinajstić information content (AvgIpc) is 3.48. The minimum Gasteiger partial charge on any atom is -0.457 e. The number of nitrogens with one attached hydrogen (secondary N) is 4. The Balaban J connectivity index is 0.906. The van der Waals surface area contributed by atoms with Crippen molar-refractivity contribution < 1.29 is 46.6 Å². The lowest BCUT2D eigenvalue weighted by atomic mass is 10.00. The molecule has 4 aromatic rings. The molecule has 3 heterocycles. The highest BCUT2D eigenvalue weighted by molar-refractivity contribution is 6.31. The first kappa shape index (κ1) is 38.7. The van der Waals surface area contributed by atoms with Gasteiger partial charge in [-0.25, -0.2) is 4.79 Å². The number of rotatable bonds is 13. The largest absolute Gasteiger partial charge is 0.457 e. The molecule has 1 aromatic heterocycles. The van der Waals surface area contributed by atoms with Crippen molar-refractivity contribution in [1.82, 2.24) is 20.5 Å². The Morgan fingerprint density at radius 1 is 0.945 bits per heavy atom. The standard InChI is InChI=1S/C38H34ClF3N6O7/c39-30-11-8-24(19-29(30)38(40,41)42)46-37(53)45-23-6-9-25(10-7-23)55-26-14-15-43-31(20-26)34(50)44-16-18-54-17-2-4-22-3-1-5-27-28(22)21-48(36(27)52)32-12-13-33(49)47-35(32)51/h1,3,5-11,14-15,19-20,32H,2,4,12-13,16-18,21H2,(H,44,50)(H2,45,46,53)(H,47,49,51). The number of ether oxygens (including phenoxy) is 2. The number of halogens is 4. The van der Waals surface area contributed by atoms with Gasteiger partial charge < -0.3 is 30.3 Å². The number of fused-ring (bicyclic) bond motifs is 1. The van der Waals surface area contributed by atoms with Crippen molar-refractivity contribution in [3.05, 3.63) is 112 Å². The monoisotopic (exact) mass is 778 g/mol. The number of hydrogen-bond acceptors (Lipinski definition) is 8. The van der Waals surface area contributed by atoms with E-state index in [4.69, 9.17) is 21.1 Å². The third-order valence-corrected chi connectivity index (χ3v) is 9.12. The van der Waals surface area contributed by atoms with Crippen molar-refractivity contribution in [3.8, 4) is 11.5 Å². The molecule has 17 heteroatoms. The van der Waals surface area contributed by atoms with E-state index in [2.05, 4.69) is 26.3 Å². The molecule has 3 aromatic carbocycles. The van der Waals surface area contributed by atoms with E-state index in [1.54, 1.807) is 24.3 Å². The first-order valence-electron chi connectivity index (χ1n) is 17.2. The maximum Gasteiger partial charge on any atom is 0.417 e. The zero-order valence-corrected chi connectivity index (χ0v) is 29.8. The van der Waals surface area contributed by atoms with Crippen molar-refractivity contribution in [2.24, 2.45) is 0 Å². The summed E-state index contributed by atoms with van der Waals surface area (Å²) < 4.78 is 50.9. The van der Waals surface area contributed by atoms with Gasteiger partial charge in [-0.15, -0.1) is 0 Å². The van der Waals surface area contributed by atoms with Crippen molar-refractivity contribution in [1.29, 1.82) is 0 Å². The number of benzene rings is 3. The molecule has 286 valence electrons. The fourth-order valence-corrected chi connectivity index (χ4v) is 6.36. The van der Waals surface area contributed by atoms with Crippen LogP contribution in [0.3, 0.4) is 0 Å². The molecule has 1 fully saturated rings. The summed E-state index contributed by atoms with van der Waals surface area (Å²) in [5.74, 6) is -0.731. The minimum atomic E-state index is -4.68. The number of carbonyl (C=O) groups is 5. The SMILES string of the molecule is O=C1CCC(N2Cc3c(CCCOCCNC(=O)c4cc(Oc5ccc(NC(=O)Nc6ccc(Cl)c(C(F)(F)F)c6)cc5)ccn4)cccc3C2=O)C(=O)N1. The van der Waals surface area contributed by atoms with Crippen LogP contribution in [-0.2, 0) is 33.5 Å². The molecule has 1 atom stereocenters. The quantitative estimate of drug-likeness (QED) is 0.0903. The molecule has 4 N–H and O–H groups in total. The summed E-state index contributed by atoms with van der Waals surface area (Å²) in [6.45, 7) is 1.20. The minimum absolute atomic E-state index is 0.0925. The molecule has 0 aliphatic carbocycles. The predicted molar refractivity (Wildman–Crippen MR) is 194 cm³/mol. The van der Waals surface area contributed by atoms with Crippen molar-refractivity contribution >= 4 is 52.6 Å². The number of imide groups is 1. The second kappa shape index (κ2) is 17.0. The molecule has 0 saturated carbocycles. The number of carbonyl (C=O) groups excluding carboxylic acids is 5. The van der Waals surface area contributed by atoms with E-state index in [9.17, 15) is 37.1 Å². The van der Waals surface area contributed by atoms with Crippen LogP contribution in [-0.4, -0.2) is 65.3 Å². The highest BCUT2D eigenvalue weighted by Gasteiger charge is 2.39. The van der Waals surface area contributed by atoms with Gasteiger partial charge in [0.2, 0.25) is 11.8 Å². The Bertz CT molecular complexity index is 2120. The van der Waals surface area contributed by atoms with E-state index in [-0.39, 0.29) is 42.8 Å². The lowest BCUT2D eigenvalue weighted by Crippen LogP contribution is -2.52. The van der Waals surface area contributed by atoms with Gasteiger partial charge >= 0.3 is 12.2 Å². The van der Waals surface area contributed by atoms with Gasteiger partial charge in [0, 0.05) is 55.3 Å². The first-order chi connectivity index (χ1) is 26.4. The number of hydrogen-bond donors (Lipinski definition) is 4. The van der Waals surface area contributed by atoms with Gasteiger partial charge in [-0.05, 0) is 85.0 Å². The third-order valence-electron chi connectivity index (χ3n) is 8.79. The van der Waals surface area contributed by atoms with Gasteiger partial charge in [-0.1, -0.05) is 23.7 Å². The van der Waals surface area contributed by atoms with Crippen molar-refractivity contribution in [2.45, 2.75) is 44.4 Å². The van der Waals surface area contributed by atoms with Crippen LogP contribution in [0, 0.1) is 0 Å². The fraction of sp³-hybridized carbons (Fsp3) is 0.263. The molecule has 0 radical (unpaired) electrons. The zero-order chi connectivity index (χ0) is 39.1. The van der Waals surface area contributed by atoms with E-state index in [1.165, 1.54) is 35.4 Å². The molecule has 0 bridgehead atoms. The Morgan fingerprint density at radius 3 is 2.47 bits per heavy atom. The van der Waals surface area contributed by atoms with Gasteiger partial charge in [0.05, 0.1) is 17.2 Å². The van der Waals surface area contributed by atoms with Crippen LogP contribution >= 0.6 is 11.6 Å². The number of piperidine rings is 1. The van der Waals surface area contributed by atoms with E-state index < -0.39 is 40.6 Å². The van der Waals surface area contributed by atoms with Crippen LogP contribution in [0.1, 0.15) is 56.8 Å². The summed E-state index contributed by atoms with van der Waals surface area (Å²) in [6, 6.07) is 16.3. The van der Waals surface area contributed by atoms with Gasteiger partial charge in [-0.3, -0.25) is 29.5 Å². The summed E-state index contributed by atoms with van der Waals surface area (Å²) in [4.78, 5) is 67.7. The summed E-state index contributed by atoms with van der Waals surface area (Å²) in [6.07, 6.45) is -1.45. The van der Waals surface area contributed by atoms with Crippen LogP contribution in [0.2, 0.25) is 5.02 Å². The number of urea groups is 1. The molecule has 13 nitrogen and oxygen atoms in total. The Morgan fingerprint density at radius 2 is 1.71 bits per heavy atom. The van der Waals surface area contributed by atoms with Gasteiger partial charge in [0.25, 0.3) is 11.8 Å². The highest BCUT2D eigenvalue weighted by atomic mass is 35.5. The van der Waals surface area contributed by atoms with Crippen LogP contribution in [0.5, 0.6) is 11.5 Å². The van der Waals surface area contributed by atoms with Crippen LogP contribution in [0.4, 0.5) is 29.3 Å². The van der Waals surface area contributed by atoms with Gasteiger partial charge in [-0.2, -0.15) is 13.2 Å². The predicted octanol–water partition coefficient (Wildman–Crippen LogP) is 6.33. The van der Waals surface area contributed by atoms with Crippen LogP contribution < -0.4 is 26.0 Å². The number of nitrogens with zero attached hydrogens (tertiary/aromatic N) is 2. The molecule has 1 unspecified atom stereocenters. The first-order valence-corrected chi connectivity index (χ1v) is 17.5. The van der Waals surface area contributed by atoms with Gasteiger partial charge in [0.1, 0.15) is 23.2 Å². The van der Waals surface area contributed by atoms with E-state index in [0.717, 1.165) is 23.3 Å². The van der Waals surface area contributed by atoms with Crippen molar-refractivity contribution in [3.63, 3.8) is 0 Å². The molecule has 6 rings (SSSR count). The van der Waals surface area contributed by atoms with Crippen LogP contribution in [0.25, 0.3) is 0 Å². The lowest BCUT2D eigenvalue weighted by molar-refractivity contribution is -0.138. The van der Waals surface area contributed by atoms with E-state index >= 15 is 0 Å². The molecule has 2 aliphatic rings. The maximum absolute atomic E-state index is 13.1. The molecule has 2 aliphatic heterocycles. The Kier molecular flexibility index (Phi) is 12.0. The smallest absolute Gasteiger partial charge is 0.417 e.